The molecule has 0 atom stereocenters. The van der Waals surface area contributed by atoms with Crippen LogP contribution in [0.5, 0.6) is 11.5 Å². The minimum atomic E-state index is -4.95. The van der Waals surface area contributed by atoms with Crippen molar-refractivity contribution in [2.75, 3.05) is 19.0 Å². The number of ether oxygens (including phenoxy) is 2. The minimum Gasteiger partial charge on any atom is -0.493 e. The quantitative estimate of drug-likeness (QED) is 0.154. The molecule has 194 valence electrons. The molecular weight excluding hydrogens is 504 g/mol. The average Bonchev–Trinajstić information content (AvgIpc) is 2.73. The van der Waals surface area contributed by atoms with Gasteiger partial charge in [0.15, 0.2) is 5.71 Å². The van der Waals surface area contributed by atoms with Gasteiger partial charge in [-0.05, 0) is 48.4 Å². The van der Waals surface area contributed by atoms with E-state index in [2.05, 4.69) is 9.44 Å². The number of benzene rings is 2. The van der Waals surface area contributed by atoms with E-state index in [4.69, 9.17) is 9.47 Å². The molecule has 0 heterocycles. The second kappa shape index (κ2) is 12.1. The van der Waals surface area contributed by atoms with E-state index < -0.39 is 45.9 Å². The van der Waals surface area contributed by atoms with E-state index >= 15 is 0 Å². The number of hydrogen-bond donors (Lipinski definition) is 0. The van der Waals surface area contributed by atoms with Crippen LogP contribution < -0.4 is 9.47 Å². The highest BCUT2D eigenvalue weighted by atomic mass is 32.2. The Labute approximate surface area is 198 Å². The minimum absolute atomic E-state index is 0.115. The molecular formula is C22H23F6NO5S. The Morgan fingerprint density at radius 3 is 1.83 bits per heavy atom. The van der Waals surface area contributed by atoms with Crippen LogP contribution in [0, 0.1) is 0 Å². The number of hydrogen-bond acceptors (Lipinski definition) is 6. The predicted octanol–water partition coefficient (Wildman–Crippen LogP) is 5.66. The van der Waals surface area contributed by atoms with Crippen LogP contribution in [0.3, 0.4) is 0 Å². The second-order valence-corrected chi connectivity index (χ2v) is 8.96. The second-order valence-electron chi connectivity index (χ2n) is 7.28. The Kier molecular flexibility index (Phi) is 9.81. The third-order valence-corrected chi connectivity index (χ3v) is 5.46. The molecule has 0 amide bonds. The largest absolute Gasteiger partial charge is 0.493 e. The fraction of sp³-hybridized carbons (Fsp3) is 0.409. The molecule has 0 unspecified atom stereocenters. The molecule has 35 heavy (non-hydrogen) atoms. The van der Waals surface area contributed by atoms with Crippen LogP contribution in [0.1, 0.15) is 30.9 Å². The van der Waals surface area contributed by atoms with Gasteiger partial charge in [0.25, 0.3) is 0 Å². The van der Waals surface area contributed by atoms with Crippen molar-refractivity contribution in [2.24, 2.45) is 5.16 Å². The van der Waals surface area contributed by atoms with Crippen molar-refractivity contribution in [3.63, 3.8) is 0 Å². The smallest absolute Gasteiger partial charge is 0.437 e. The van der Waals surface area contributed by atoms with Crippen molar-refractivity contribution in [3.05, 3.63) is 59.7 Å². The number of nitrogens with zero attached hydrogens (tertiary/aromatic N) is 1. The molecule has 13 heteroatoms. The first-order valence-electron chi connectivity index (χ1n) is 10.4. The molecule has 6 nitrogen and oxygen atoms in total. The third-order valence-electron chi connectivity index (χ3n) is 4.25. The Hall–Kier alpha value is -2.96. The molecule has 0 aromatic heterocycles. The Morgan fingerprint density at radius 2 is 1.37 bits per heavy atom. The lowest BCUT2D eigenvalue weighted by atomic mass is 10.1. The number of halogens is 6. The molecule has 0 radical (unpaired) electrons. The summed E-state index contributed by atoms with van der Waals surface area (Å²) < 4.78 is 115. The highest BCUT2D eigenvalue weighted by Gasteiger charge is 2.38. The van der Waals surface area contributed by atoms with E-state index in [9.17, 15) is 34.8 Å². The van der Waals surface area contributed by atoms with Gasteiger partial charge in [0.1, 0.15) is 11.5 Å². The summed E-state index contributed by atoms with van der Waals surface area (Å²) in [5, 5.41) is 2.81. The summed E-state index contributed by atoms with van der Waals surface area (Å²) in [5.41, 5.74) is -1.79. The average molecular weight is 527 g/mol. The van der Waals surface area contributed by atoms with Gasteiger partial charge in [-0.3, -0.25) is 4.28 Å². The highest BCUT2D eigenvalue weighted by Crippen LogP contribution is 2.25. The van der Waals surface area contributed by atoms with Gasteiger partial charge in [-0.25, -0.2) is 0 Å². The van der Waals surface area contributed by atoms with Crippen molar-refractivity contribution >= 4 is 15.8 Å². The molecule has 0 N–H and O–H groups in total. The van der Waals surface area contributed by atoms with Gasteiger partial charge in [-0.2, -0.15) is 34.8 Å². The molecule has 0 aliphatic carbocycles. The maximum atomic E-state index is 13.3. The van der Waals surface area contributed by atoms with Crippen LogP contribution in [0.4, 0.5) is 26.3 Å². The van der Waals surface area contributed by atoms with E-state index in [0.717, 1.165) is 12.1 Å². The van der Waals surface area contributed by atoms with E-state index in [1.165, 1.54) is 43.3 Å². The predicted molar refractivity (Wildman–Crippen MR) is 116 cm³/mol. The lowest BCUT2D eigenvalue weighted by Crippen LogP contribution is -2.25. The zero-order chi connectivity index (χ0) is 26.1. The van der Waals surface area contributed by atoms with Crippen LogP contribution in [0.2, 0.25) is 0 Å². The normalized spacial score (nSPS) is 12.9. The lowest BCUT2D eigenvalue weighted by molar-refractivity contribution is -0.127. The van der Waals surface area contributed by atoms with Gasteiger partial charge in [-0.1, -0.05) is 24.2 Å². The van der Waals surface area contributed by atoms with Crippen molar-refractivity contribution in [1.82, 2.24) is 0 Å². The highest BCUT2D eigenvalue weighted by molar-refractivity contribution is 7.86. The van der Waals surface area contributed by atoms with Crippen molar-refractivity contribution < 1.29 is 48.5 Å². The van der Waals surface area contributed by atoms with Crippen LogP contribution in [-0.2, 0) is 20.8 Å². The standard InChI is InChI=1S/C22H23F6NO5S/c1-2-14-35(30,31)34-29-20(22(26,27)28)17-6-10-19(11-7-17)33-13-3-12-32-18-8-4-16(5-9-18)15-21(23,24)25/h4-11H,2-3,12-15H2,1H3. The van der Waals surface area contributed by atoms with Gasteiger partial charge in [0, 0.05) is 12.0 Å². The molecule has 0 fully saturated rings. The van der Waals surface area contributed by atoms with Gasteiger partial charge < -0.3 is 9.47 Å². The molecule has 2 aromatic rings. The van der Waals surface area contributed by atoms with Gasteiger partial charge in [-0.15, -0.1) is 0 Å². The molecule has 2 aromatic carbocycles. The summed E-state index contributed by atoms with van der Waals surface area (Å²) in [6.07, 6.45) is -9.72. The van der Waals surface area contributed by atoms with E-state index in [1.807, 2.05) is 0 Å². The van der Waals surface area contributed by atoms with Crippen molar-refractivity contribution in [2.45, 2.75) is 38.5 Å². The molecule has 0 aliphatic heterocycles. The topological polar surface area (TPSA) is 74.2 Å². The fourth-order valence-electron chi connectivity index (χ4n) is 2.73. The van der Waals surface area contributed by atoms with Crippen molar-refractivity contribution in [1.29, 1.82) is 0 Å². The monoisotopic (exact) mass is 527 g/mol. The zero-order valence-electron chi connectivity index (χ0n) is 18.5. The van der Waals surface area contributed by atoms with Crippen LogP contribution in [0.25, 0.3) is 0 Å². The van der Waals surface area contributed by atoms with Crippen LogP contribution >= 0.6 is 0 Å². The molecule has 0 saturated carbocycles. The summed E-state index contributed by atoms with van der Waals surface area (Å²) in [7, 11) is -4.22. The number of alkyl halides is 6. The van der Waals surface area contributed by atoms with E-state index in [0.29, 0.717) is 12.2 Å². The fourth-order valence-corrected chi connectivity index (χ4v) is 3.50. The van der Waals surface area contributed by atoms with Gasteiger partial charge in [0.2, 0.25) is 0 Å². The first-order chi connectivity index (χ1) is 16.3. The maximum absolute atomic E-state index is 13.3. The molecule has 0 bridgehead atoms. The van der Waals surface area contributed by atoms with Crippen LogP contribution in [0.15, 0.2) is 53.7 Å². The molecule has 0 saturated heterocycles. The summed E-state index contributed by atoms with van der Waals surface area (Å²) in [4.78, 5) is 0. The van der Waals surface area contributed by atoms with Gasteiger partial charge >= 0.3 is 22.5 Å². The molecule has 0 spiro atoms. The Bertz CT molecular complexity index is 1070. The Balaban J connectivity index is 1.85. The lowest BCUT2D eigenvalue weighted by Gasteiger charge is -2.12. The Morgan fingerprint density at radius 1 is 0.857 bits per heavy atom. The van der Waals surface area contributed by atoms with Crippen molar-refractivity contribution in [3.8, 4) is 11.5 Å². The van der Waals surface area contributed by atoms with E-state index in [-0.39, 0.29) is 30.9 Å². The number of oxime groups is 1. The number of rotatable bonds is 12. The SMILES string of the molecule is CCCS(=O)(=O)ON=C(c1ccc(OCCCOc2ccc(CC(F)(F)F)cc2)cc1)C(F)(F)F. The third kappa shape index (κ3) is 10.5. The first kappa shape index (κ1) is 28.3. The summed E-state index contributed by atoms with van der Waals surface area (Å²) in [6.45, 7) is 1.88. The zero-order valence-corrected chi connectivity index (χ0v) is 19.3. The summed E-state index contributed by atoms with van der Waals surface area (Å²) in [5.74, 6) is 0.176. The molecule has 2 rings (SSSR count). The first-order valence-corrected chi connectivity index (χ1v) is 11.9. The summed E-state index contributed by atoms with van der Waals surface area (Å²) in [6, 6.07) is 10.2. The summed E-state index contributed by atoms with van der Waals surface area (Å²) >= 11 is 0. The van der Waals surface area contributed by atoms with Gasteiger partial charge in [0.05, 0.1) is 25.4 Å². The maximum Gasteiger partial charge on any atom is 0.437 e. The van der Waals surface area contributed by atoms with E-state index in [1.54, 1.807) is 0 Å². The molecule has 0 aliphatic rings. The van der Waals surface area contributed by atoms with Crippen LogP contribution in [-0.4, -0.2) is 45.4 Å².